The number of carbonyl (C=O) groups is 2. The molecule has 0 fully saturated rings. The highest BCUT2D eigenvalue weighted by Crippen LogP contribution is 2.29. The molecule has 3 rings (SSSR count). The van der Waals surface area contributed by atoms with Crippen molar-refractivity contribution in [3.05, 3.63) is 63.6 Å². The summed E-state index contributed by atoms with van der Waals surface area (Å²) in [6, 6.07) is 12.5. The van der Waals surface area contributed by atoms with Gasteiger partial charge >= 0.3 is 0 Å². The maximum absolute atomic E-state index is 12.3. The zero-order chi connectivity index (χ0) is 14.3. The van der Waals surface area contributed by atoms with E-state index in [2.05, 4.69) is 15.9 Å². The molecule has 0 atom stereocenters. The van der Waals surface area contributed by atoms with Gasteiger partial charge in [0, 0.05) is 10.2 Å². The molecular weight excluding hydrogens is 320 g/mol. The van der Waals surface area contributed by atoms with Crippen LogP contribution in [0.25, 0.3) is 0 Å². The Morgan fingerprint density at radius 3 is 2.50 bits per heavy atom. The van der Waals surface area contributed by atoms with Gasteiger partial charge in [-0.1, -0.05) is 34.1 Å². The first-order valence-electron chi connectivity index (χ1n) is 6.07. The largest absolute Gasteiger partial charge is 0.398 e. The maximum atomic E-state index is 12.3. The summed E-state index contributed by atoms with van der Waals surface area (Å²) in [5.41, 5.74) is 7.72. The minimum Gasteiger partial charge on any atom is -0.398 e. The second-order valence-electron chi connectivity index (χ2n) is 4.60. The number of rotatable bonds is 2. The smallest absolute Gasteiger partial charge is 0.263 e. The first-order chi connectivity index (χ1) is 9.58. The number of halogens is 1. The van der Waals surface area contributed by atoms with Crippen LogP contribution in [0.1, 0.15) is 26.3 Å². The third-order valence-electron chi connectivity index (χ3n) is 3.26. The molecule has 100 valence electrons. The summed E-state index contributed by atoms with van der Waals surface area (Å²) >= 11 is 3.37. The van der Waals surface area contributed by atoms with E-state index in [1.54, 1.807) is 18.2 Å². The third kappa shape index (κ3) is 2.00. The molecule has 1 aliphatic rings. The Hall–Kier alpha value is -2.14. The van der Waals surface area contributed by atoms with Crippen molar-refractivity contribution in [2.45, 2.75) is 6.54 Å². The molecule has 0 saturated carbocycles. The number of nitrogens with zero attached hydrogens (tertiary/aromatic N) is 1. The number of hydrogen-bond donors (Lipinski definition) is 1. The Labute approximate surface area is 124 Å². The molecule has 0 aromatic heterocycles. The van der Waals surface area contributed by atoms with E-state index in [-0.39, 0.29) is 18.4 Å². The van der Waals surface area contributed by atoms with E-state index in [4.69, 9.17) is 5.73 Å². The number of nitrogens with two attached hydrogens (primary N) is 1. The van der Waals surface area contributed by atoms with Crippen LogP contribution in [0.3, 0.4) is 0 Å². The van der Waals surface area contributed by atoms with Crippen LogP contribution in [0, 0.1) is 0 Å². The second-order valence-corrected chi connectivity index (χ2v) is 5.51. The van der Waals surface area contributed by atoms with Gasteiger partial charge in [0.15, 0.2) is 0 Å². The van der Waals surface area contributed by atoms with Gasteiger partial charge < -0.3 is 5.73 Å². The number of anilines is 1. The molecule has 4 nitrogen and oxygen atoms in total. The lowest BCUT2D eigenvalue weighted by Gasteiger charge is -2.14. The molecule has 1 aliphatic heterocycles. The summed E-state index contributed by atoms with van der Waals surface area (Å²) in [4.78, 5) is 25.8. The molecular formula is C15H11BrN2O2. The molecule has 2 amide bonds. The van der Waals surface area contributed by atoms with E-state index in [0.29, 0.717) is 16.8 Å². The maximum Gasteiger partial charge on any atom is 0.263 e. The van der Waals surface area contributed by atoms with E-state index in [1.807, 2.05) is 24.3 Å². The highest BCUT2D eigenvalue weighted by Gasteiger charge is 2.36. The number of fused-ring (bicyclic) bond motifs is 1. The lowest BCUT2D eigenvalue weighted by atomic mass is 10.1. The van der Waals surface area contributed by atoms with Gasteiger partial charge in [-0.2, -0.15) is 0 Å². The van der Waals surface area contributed by atoms with Crippen LogP contribution in [-0.4, -0.2) is 16.7 Å². The van der Waals surface area contributed by atoms with Crippen LogP contribution in [0.2, 0.25) is 0 Å². The fourth-order valence-electron chi connectivity index (χ4n) is 2.32. The summed E-state index contributed by atoms with van der Waals surface area (Å²) in [5, 5.41) is 0. The minimum absolute atomic E-state index is 0.241. The summed E-state index contributed by atoms with van der Waals surface area (Å²) < 4.78 is 0.908. The molecule has 5 heteroatoms. The molecule has 0 saturated heterocycles. The monoisotopic (exact) mass is 330 g/mol. The van der Waals surface area contributed by atoms with E-state index in [9.17, 15) is 9.59 Å². The van der Waals surface area contributed by atoms with Gasteiger partial charge in [0.2, 0.25) is 0 Å². The fraction of sp³-hybridized carbons (Fsp3) is 0.0667. The van der Waals surface area contributed by atoms with Crippen LogP contribution in [0.4, 0.5) is 5.69 Å². The van der Waals surface area contributed by atoms with Crippen molar-refractivity contribution in [3.63, 3.8) is 0 Å². The number of imide groups is 1. The zero-order valence-corrected chi connectivity index (χ0v) is 12.1. The topological polar surface area (TPSA) is 63.4 Å². The fourth-order valence-corrected chi connectivity index (χ4v) is 2.77. The van der Waals surface area contributed by atoms with Gasteiger partial charge in [0.1, 0.15) is 0 Å². The highest BCUT2D eigenvalue weighted by atomic mass is 79.9. The molecule has 20 heavy (non-hydrogen) atoms. The lowest BCUT2D eigenvalue weighted by Crippen LogP contribution is -2.29. The molecule has 1 heterocycles. The van der Waals surface area contributed by atoms with E-state index >= 15 is 0 Å². The van der Waals surface area contributed by atoms with Crippen molar-refractivity contribution in [2.75, 3.05) is 5.73 Å². The Morgan fingerprint density at radius 2 is 1.80 bits per heavy atom. The average molecular weight is 331 g/mol. The van der Waals surface area contributed by atoms with Gasteiger partial charge in [-0.15, -0.1) is 0 Å². The van der Waals surface area contributed by atoms with Crippen molar-refractivity contribution in [3.8, 4) is 0 Å². The number of carbonyl (C=O) groups excluding carboxylic acids is 2. The summed E-state index contributed by atoms with van der Waals surface area (Å²) in [5.74, 6) is -0.625. The van der Waals surface area contributed by atoms with Crippen molar-refractivity contribution < 1.29 is 9.59 Å². The van der Waals surface area contributed by atoms with Crippen LogP contribution in [-0.2, 0) is 6.54 Å². The Morgan fingerprint density at radius 1 is 1.05 bits per heavy atom. The van der Waals surface area contributed by atoms with Crippen LogP contribution in [0.5, 0.6) is 0 Å². The van der Waals surface area contributed by atoms with Crippen LogP contribution >= 0.6 is 15.9 Å². The molecule has 2 N–H and O–H groups in total. The second kappa shape index (κ2) is 4.76. The predicted octanol–water partition coefficient (Wildman–Crippen LogP) is 2.83. The summed E-state index contributed by atoms with van der Waals surface area (Å²) in [7, 11) is 0. The lowest BCUT2D eigenvalue weighted by molar-refractivity contribution is 0.0642. The molecule has 0 spiro atoms. The van der Waals surface area contributed by atoms with Crippen molar-refractivity contribution in [1.82, 2.24) is 4.90 Å². The quantitative estimate of drug-likeness (QED) is 0.680. The molecule has 2 aromatic rings. The van der Waals surface area contributed by atoms with Gasteiger partial charge in [-0.3, -0.25) is 14.5 Å². The minimum atomic E-state index is -0.330. The van der Waals surface area contributed by atoms with E-state index in [0.717, 1.165) is 10.0 Å². The predicted molar refractivity (Wildman–Crippen MR) is 79.2 cm³/mol. The Balaban J connectivity index is 1.96. The van der Waals surface area contributed by atoms with E-state index in [1.165, 1.54) is 4.90 Å². The third-order valence-corrected chi connectivity index (χ3v) is 3.75. The number of amides is 2. The van der Waals surface area contributed by atoms with Crippen molar-refractivity contribution in [1.29, 1.82) is 0 Å². The molecule has 0 radical (unpaired) electrons. The average Bonchev–Trinajstić information content (AvgIpc) is 2.65. The molecule has 2 aromatic carbocycles. The zero-order valence-electron chi connectivity index (χ0n) is 10.5. The summed E-state index contributed by atoms with van der Waals surface area (Å²) in [6.07, 6.45) is 0. The summed E-state index contributed by atoms with van der Waals surface area (Å²) in [6.45, 7) is 0.241. The Bertz CT molecular complexity index is 728. The molecule has 0 aliphatic carbocycles. The first kappa shape index (κ1) is 12.9. The van der Waals surface area contributed by atoms with E-state index < -0.39 is 0 Å². The highest BCUT2D eigenvalue weighted by molar-refractivity contribution is 9.10. The SMILES string of the molecule is Nc1cccc2c1C(=O)N(Cc1cccc(Br)c1)C2=O. The first-order valence-corrected chi connectivity index (χ1v) is 6.86. The van der Waals surface area contributed by atoms with Gasteiger partial charge in [-0.25, -0.2) is 0 Å². The van der Waals surface area contributed by atoms with Gasteiger partial charge in [0.25, 0.3) is 11.8 Å². The van der Waals surface area contributed by atoms with Crippen molar-refractivity contribution in [2.24, 2.45) is 0 Å². The molecule has 0 bridgehead atoms. The van der Waals surface area contributed by atoms with Crippen LogP contribution < -0.4 is 5.73 Å². The Kier molecular flexibility index (Phi) is 3.06. The van der Waals surface area contributed by atoms with Crippen LogP contribution in [0.15, 0.2) is 46.9 Å². The normalized spacial score (nSPS) is 13.8. The number of benzene rings is 2. The number of nitrogen functional groups attached to an aromatic ring is 1. The van der Waals surface area contributed by atoms with Crippen molar-refractivity contribution >= 4 is 33.4 Å². The van der Waals surface area contributed by atoms with Gasteiger partial charge in [0.05, 0.1) is 17.7 Å². The number of hydrogen-bond acceptors (Lipinski definition) is 3. The molecule has 0 unspecified atom stereocenters. The standard InChI is InChI=1S/C15H11BrN2O2/c16-10-4-1-3-9(7-10)8-18-14(19)11-5-2-6-12(17)13(11)15(18)20/h1-7H,8,17H2. The van der Waals surface area contributed by atoms with Gasteiger partial charge in [-0.05, 0) is 29.8 Å².